The number of rotatable bonds is 6. The molecule has 0 atom stereocenters. The van der Waals surface area contributed by atoms with Gasteiger partial charge in [-0.25, -0.2) is 9.97 Å². The van der Waals surface area contributed by atoms with E-state index in [1.807, 2.05) is 48.8 Å². The average Bonchev–Trinajstić information content (AvgIpc) is 2.94. The van der Waals surface area contributed by atoms with Crippen LogP contribution in [0.4, 0.5) is 0 Å². The number of methoxy groups -OCH3 is 1. The van der Waals surface area contributed by atoms with Crippen molar-refractivity contribution < 1.29 is 4.74 Å². The summed E-state index contributed by atoms with van der Waals surface area (Å²) in [4.78, 5) is 12.3. The highest BCUT2D eigenvalue weighted by Crippen LogP contribution is 2.36. The fraction of sp³-hybridized carbons (Fsp3) is 0.276. The molecule has 0 spiro atoms. The second kappa shape index (κ2) is 10.5. The predicted molar refractivity (Wildman–Crippen MR) is 138 cm³/mol. The van der Waals surface area contributed by atoms with Crippen LogP contribution in [0.5, 0.6) is 5.75 Å². The minimum atomic E-state index is 0.340. The molecular formula is C29H29N5O. The smallest absolute Gasteiger partial charge is 0.159 e. The highest BCUT2D eigenvalue weighted by atomic mass is 16.5. The lowest BCUT2D eigenvalue weighted by atomic mass is 9.88. The van der Waals surface area contributed by atoms with Gasteiger partial charge in [-0.05, 0) is 67.5 Å². The zero-order valence-electron chi connectivity index (χ0n) is 19.9. The van der Waals surface area contributed by atoms with E-state index in [2.05, 4.69) is 40.6 Å². The third-order valence-electron chi connectivity index (χ3n) is 6.78. The Bertz CT molecular complexity index is 1300. The summed E-state index contributed by atoms with van der Waals surface area (Å²) in [5.74, 6) is 1.94. The molecule has 1 aromatic heterocycles. The fourth-order valence-corrected chi connectivity index (χ4v) is 4.85. The van der Waals surface area contributed by atoms with E-state index in [1.54, 1.807) is 7.11 Å². The Morgan fingerprint density at radius 3 is 2.77 bits per heavy atom. The third-order valence-corrected chi connectivity index (χ3v) is 6.78. The van der Waals surface area contributed by atoms with Crippen LogP contribution in [0.3, 0.4) is 0 Å². The van der Waals surface area contributed by atoms with Crippen molar-refractivity contribution in [2.45, 2.75) is 25.3 Å². The highest BCUT2D eigenvalue weighted by molar-refractivity contribution is 5.73. The van der Waals surface area contributed by atoms with Gasteiger partial charge in [0.15, 0.2) is 5.82 Å². The number of nitrogens with zero attached hydrogens (tertiary/aromatic N) is 4. The number of nitrogens with one attached hydrogen (secondary N) is 1. The van der Waals surface area contributed by atoms with Crippen LogP contribution < -0.4 is 10.1 Å². The van der Waals surface area contributed by atoms with Crippen LogP contribution in [0.25, 0.3) is 16.7 Å². The second-order valence-corrected chi connectivity index (χ2v) is 8.94. The van der Waals surface area contributed by atoms with Gasteiger partial charge in [-0.2, -0.15) is 5.26 Å². The molecule has 1 fully saturated rings. The van der Waals surface area contributed by atoms with Crippen molar-refractivity contribution in [3.63, 3.8) is 0 Å². The van der Waals surface area contributed by atoms with Crippen LogP contribution in [-0.4, -0.2) is 41.6 Å². The standard InChI is InChI=1S/C29H29N5O/c1-35-26-8-4-7-23(17-26)27-19-32-29(22-9-13-31-14-10-22)33-28(27)21-11-15-34(16-12-21)20-25-6-3-2-5-24(25)18-30/h2-10,13,17,19,21,31H,11-12,14-16,20H2,1H3. The number of piperidine rings is 1. The topological polar surface area (TPSA) is 74.1 Å². The van der Waals surface area contributed by atoms with E-state index in [-0.39, 0.29) is 0 Å². The minimum Gasteiger partial charge on any atom is -0.497 e. The van der Waals surface area contributed by atoms with Gasteiger partial charge in [0, 0.05) is 36.3 Å². The van der Waals surface area contributed by atoms with Gasteiger partial charge < -0.3 is 10.1 Å². The molecule has 1 saturated heterocycles. The molecule has 3 aromatic rings. The summed E-state index contributed by atoms with van der Waals surface area (Å²) in [5.41, 5.74) is 6.16. The first-order valence-corrected chi connectivity index (χ1v) is 12.1. The summed E-state index contributed by atoms with van der Waals surface area (Å²) in [6, 6.07) is 18.3. The minimum absolute atomic E-state index is 0.340. The molecule has 0 saturated carbocycles. The number of aromatic nitrogens is 2. The Kier molecular flexibility index (Phi) is 6.87. The quantitative estimate of drug-likeness (QED) is 0.560. The van der Waals surface area contributed by atoms with Gasteiger partial charge in [0.25, 0.3) is 0 Å². The van der Waals surface area contributed by atoms with Crippen LogP contribution in [-0.2, 0) is 6.54 Å². The summed E-state index contributed by atoms with van der Waals surface area (Å²) >= 11 is 0. The summed E-state index contributed by atoms with van der Waals surface area (Å²) in [7, 11) is 1.69. The highest BCUT2D eigenvalue weighted by Gasteiger charge is 2.26. The summed E-state index contributed by atoms with van der Waals surface area (Å²) in [6.45, 7) is 3.52. The molecule has 3 heterocycles. The number of benzene rings is 2. The SMILES string of the molecule is COc1cccc(-c2cnc(C3=CCNC=C3)nc2C2CCN(Cc3ccccc3C#N)CC2)c1. The first-order valence-electron chi connectivity index (χ1n) is 12.1. The van der Waals surface area contributed by atoms with Crippen LogP contribution in [0.15, 0.2) is 73.1 Å². The van der Waals surface area contributed by atoms with Gasteiger partial charge in [0.2, 0.25) is 0 Å². The van der Waals surface area contributed by atoms with Crippen molar-refractivity contribution in [3.05, 3.63) is 95.7 Å². The summed E-state index contributed by atoms with van der Waals surface area (Å²) in [6.07, 6.45) is 10.1. The van der Waals surface area contributed by atoms with Crippen molar-refractivity contribution in [1.29, 1.82) is 5.26 Å². The first kappa shape index (κ1) is 22.8. The molecule has 0 amide bonds. The second-order valence-electron chi connectivity index (χ2n) is 8.94. The molecule has 0 bridgehead atoms. The summed E-state index contributed by atoms with van der Waals surface area (Å²) < 4.78 is 5.47. The molecule has 0 aliphatic carbocycles. The predicted octanol–water partition coefficient (Wildman–Crippen LogP) is 4.90. The molecule has 0 unspecified atom stereocenters. The van der Waals surface area contributed by atoms with Crippen molar-refractivity contribution >= 4 is 5.57 Å². The third kappa shape index (κ3) is 5.11. The van der Waals surface area contributed by atoms with E-state index in [9.17, 15) is 5.26 Å². The molecule has 6 nitrogen and oxygen atoms in total. The van der Waals surface area contributed by atoms with E-state index in [0.717, 1.165) is 84.1 Å². The van der Waals surface area contributed by atoms with Gasteiger partial charge in [0.05, 0.1) is 24.4 Å². The monoisotopic (exact) mass is 463 g/mol. The van der Waals surface area contributed by atoms with Crippen molar-refractivity contribution in [1.82, 2.24) is 20.2 Å². The molecule has 35 heavy (non-hydrogen) atoms. The molecule has 2 aliphatic rings. The molecule has 0 radical (unpaired) electrons. The molecular weight excluding hydrogens is 434 g/mol. The Labute approximate surface area is 206 Å². The van der Waals surface area contributed by atoms with Gasteiger partial charge in [0.1, 0.15) is 5.75 Å². The van der Waals surface area contributed by atoms with E-state index >= 15 is 0 Å². The Hall–Kier alpha value is -3.95. The van der Waals surface area contributed by atoms with Crippen LogP contribution in [0, 0.1) is 11.3 Å². The number of likely N-dealkylation sites (tertiary alicyclic amines) is 1. The lowest BCUT2D eigenvalue weighted by molar-refractivity contribution is 0.203. The molecule has 6 heteroatoms. The number of nitriles is 1. The van der Waals surface area contributed by atoms with Gasteiger partial charge >= 0.3 is 0 Å². The van der Waals surface area contributed by atoms with Crippen molar-refractivity contribution in [2.24, 2.45) is 0 Å². The molecule has 176 valence electrons. The number of dihydropyridines is 1. The molecule has 2 aliphatic heterocycles. The zero-order valence-corrected chi connectivity index (χ0v) is 19.9. The number of hydrogen-bond acceptors (Lipinski definition) is 6. The fourth-order valence-electron chi connectivity index (χ4n) is 4.85. The maximum Gasteiger partial charge on any atom is 0.159 e. The van der Waals surface area contributed by atoms with Crippen molar-refractivity contribution in [3.8, 4) is 22.9 Å². The van der Waals surface area contributed by atoms with Gasteiger partial charge in [-0.15, -0.1) is 0 Å². The van der Waals surface area contributed by atoms with E-state index < -0.39 is 0 Å². The number of hydrogen-bond donors (Lipinski definition) is 1. The largest absolute Gasteiger partial charge is 0.497 e. The number of allylic oxidation sites excluding steroid dienone is 2. The maximum absolute atomic E-state index is 9.44. The lowest BCUT2D eigenvalue weighted by Crippen LogP contribution is -2.33. The first-order chi connectivity index (χ1) is 17.2. The Balaban J connectivity index is 1.42. The van der Waals surface area contributed by atoms with E-state index in [4.69, 9.17) is 14.7 Å². The summed E-state index contributed by atoms with van der Waals surface area (Å²) in [5, 5.41) is 12.6. The van der Waals surface area contributed by atoms with Crippen LogP contribution >= 0.6 is 0 Å². The maximum atomic E-state index is 9.44. The zero-order chi connectivity index (χ0) is 24.0. The van der Waals surface area contributed by atoms with Gasteiger partial charge in [-0.3, -0.25) is 4.90 Å². The Morgan fingerprint density at radius 1 is 1.14 bits per heavy atom. The Morgan fingerprint density at radius 2 is 2.00 bits per heavy atom. The molecule has 5 rings (SSSR count). The normalized spacial score (nSPS) is 16.3. The lowest BCUT2D eigenvalue weighted by Gasteiger charge is -2.32. The number of ether oxygens (including phenoxy) is 1. The van der Waals surface area contributed by atoms with Crippen molar-refractivity contribution in [2.75, 3.05) is 26.7 Å². The van der Waals surface area contributed by atoms with Gasteiger partial charge in [-0.1, -0.05) is 36.4 Å². The van der Waals surface area contributed by atoms with Crippen LogP contribution in [0.1, 0.15) is 41.4 Å². The van der Waals surface area contributed by atoms with E-state index in [1.165, 1.54) is 0 Å². The van der Waals surface area contributed by atoms with Crippen LogP contribution in [0.2, 0.25) is 0 Å². The average molecular weight is 464 g/mol. The molecule has 1 N–H and O–H groups in total. The van der Waals surface area contributed by atoms with E-state index in [0.29, 0.717) is 5.92 Å². The molecule has 2 aromatic carbocycles.